The summed E-state index contributed by atoms with van der Waals surface area (Å²) in [5.41, 5.74) is 0.436. The van der Waals surface area contributed by atoms with Crippen molar-refractivity contribution in [1.29, 1.82) is 0 Å². The molecule has 2 atom stereocenters. The van der Waals surface area contributed by atoms with Gasteiger partial charge in [0.25, 0.3) is 0 Å². The average Bonchev–Trinajstić information content (AvgIpc) is 2.96. The molecule has 4 nitrogen and oxygen atoms in total. The zero-order valence-electron chi connectivity index (χ0n) is 10.4. The molecule has 2 aliphatic heterocycles. The molecule has 4 rings (SSSR count). The van der Waals surface area contributed by atoms with Gasteiger partial charge in [-0.05, 0) is 32.6 Å². The minimum absolute atomic E-state index is 0.109. The SMILES string of the molecule is CC12CCC(N=N1)C21CCC2(CC1)OCCO2. The van der Waals surface area contributed by atoms with Crippen LogP contribution in [0.5, 0.6) is 0 Å². The summed E-state index contributed by atoms with van der Waals surface area (Å²) in [7, 11) is 0. The van der Waals surface area contributed by atoms with Crippen LogP contribution in [0.3, 0.4) is 0 Å². The topological polar surface area (TPSA) is 43.2 Å². The van der Waals surface area contributed by atoms with Crippen molar-refractivity contribution in [2.75, 3.05) is 13.2 Å². The summed E-state index contributed by atoms with van der Waals surface area (Å²) in [5.74, 6) is -0.246. The highest BCUT2D eigenvalue weighted by molar-refractivity contribution is 5.18. The molecule has 17 heavy (non-hydrogen) atoms. The van der Waals surface area contributed by atoms with Gasteiger partial charge in [0, 0.05) is 18.3 Å². The lowest BCUT2D eigenvalue weighted by atomic mass is 9.62. The second kappa shape index (κ2) is 3.09. The predicted molar refractivity (Wildman–Crippen MR) is 61.8 cm³/mol. The summed E-state index contributed by atoms with van der Waals surface area (Å²) >= 11 is 0. The van der Waals surface area contributed by atoms with Gasteiger partial charge in [0.05, 0.1) is 24.8 Å². The smallest absolute Gasteiger partial charge is 0.168 e. The molecule has 0 radical (unpaired) electrons. The van der Waals surface area contributed by atoms with Crippen LogP contribution in [-0.2, 0) is 9.47 Å². The van der Waals surface area contributed by atoms with Gasteiger partial charge in [-0.2, -0.15) is 10.2 Å². The van der Waals surface area contributed by atoms with Crippen LogP contribution in [0.25, 0.3) is 0 Å². The first-order valence-electron chi connectivity index (χ1n) is 6.88. The van der Waals surface area contributed by atoms with Crippen LogP contribution < -0.4 is 0 Å². The van der Waals surface area contributed by atoms with Crippen LogP contribution in [-0.4, -0.2) is 30.6 Å². The van der Waals surface area contributed by atoms with E-state index in [1.165, 1.54) is 25.7 Å². The monoisotopic (exact) mass is 236 g/mol. The van der Waals surface area contributed by atoms with Crippen LogP contribution in [0.4, 0.5) is 0 Å². The zero-order valence-corrected chi connectivity index (χ0v) is 10.4. The van der Waals surface area contributed by atoms with Crippen molar-refractivity contribution in [3.8, 4) is 0 Å². The van der Waals surface area contributed by atoms with Crippen molar-refractivity contribution in [3.63, 3.8) is 0 Å². The molecule has 0 amide bonds. The highest BCUT2D eigenvalue weighted by Crippen LogP contribution is 2.63. The van der Waals surface area contributed by atoms with Crippen LogP contribution in [0.1, 0.15) is 45.4 Å². The van der Waals surface area contributed by atoms with Crippen molar-refractivity contribution in [2.45, 2.75) is 62.8 Å². The third kappa shape index (κ3) is 1.16. The molecule has 0 aromatic heterocycles. The average molecular weight is 236 g/mol. The second-order valence-electron chi connectivity index (χ2n) is 6.31. The molecule has 2 aliphatic carbocycles. The Hall–Kier alpha value is -0.480. The fraction of sp³-hybridized carbons (Fsp3) is 1.00. The van der Waals surface area contributed by atoms with Gasteiger partial charge in [-0.1, -0.05) is 0 Å². The van der Waals surface area contributed by atoms with Gasteiger partial charge in [0.15, 0.2) is 5.79 Å². The predicted octanol–water partition coefficient (Wildman–Crippen LogP) is 2.68. The van der Waals surface area contributed by atoms with Gasteiger partial charge >= 0.3 is 0 Å². The van der Waals surface area contributed by atoms with E-state index in [1.54, 1.807) is 0 Å². The van der Waals surface area contributed by atoms with E-state index in [0.717, 1.165) is 26.1 Å². The van der Waals surface area contributed by atoms with E-state index in [9.17, 15) is 0 Å². The van der Waals surface area contributed by atoms with Crippen molar-refractivity contribution < 1.29 is 9.47 Å². The highest BCUT2D eigenvalue weighted by atomic mass is 16.7. The molecule has 2 unspecified atom stereocenters. The number of hydrogen-bond donors (Lipinski definition) is 0. The highest BCUT2D eigenvalue weighted by Gasteiger charge is 2.64. The van der Waals surface area contributed by atoms with Gasteiger partial charge in [-0.3, -0.25) is 0 Å². The first-order chi connectivity index (χ1) is 8.18. The van der Waals surface area contributed by atoms with Crippen LogP contribution in [0, 0.1) is 5.41 Å². The van der Waals surface area contributed by atoms with Gasteiger partial charge in [0.1, 0.15) is 0 Å². The van der Waals surface area contributed by atoms with Crippen molar-refractivity contribution >= 4 is 0 Å². The molecule has 3 fully saturated rings. The fourth-order valence-corrected chi connectivity index (χ4v) is 4.55. The maximum atomic E-state index is 5.82. The lowest BCUT2D eigenvalue weighted by Gasteiger charge is -2.46. The van der Waals surface area contributed by atoms with Crippen molar-refractivity contribution in [2.24, 2.45) is 15.6 Å². The first-order valence-corrected chi connectivity index (χ1v) is 6.88. The maximum Gasteiger partial charge on any atom is 0.168 e. The van der Waals surface area contributed by atoms with Gasteiger partial charge in [-0.15, -0.1) is 0 Å². The van der Waals surface area contributed by atoms with E-state index in [4.69, 9.17) is 9.47 Å². The fourth-order valence-electron chi connectivity index (χ4n) is 4.55. The molecule has 4 aliphatic rings. The first kappa shape index (κ1) is 10.4. The third-order valence-corrected chi connectivity index (χ3v) is 5.75. The summed E-state index contributed by atoms with van der Waals surface area (Å²) in [5, 5.41) is 9.08. The molecule has 0 N–H and O–H groups in total. The largest absolute Gasteiger partial charge is 0.348 e. The minimum Gasteiger partial charge on any atom is -0.348 e. The van der Waals surface area contributed by atoms with Gasteiger partial charge in [-0.25, -0.2) is 0 Å². The summed E-state index contributed by atoms with van der Waals surface area (Å²) < 4.78 is 11.6. The summed E-state index contributed by atoms with van der Waals surface area (Å²) in [6.07, 6.45) is 6.85. The molecular formula is C13H20N2O2. The van der Waals surface area contributed by atoms with Crippen molar-refractivity contribution in [1.82, 2.24) is 0 Å². The normalized spacial score (nSPS) is 45.1. The van der Waals surface area contributed by atoms with E-state index in [-0.39, 0.29) is 11.3 Å². The van der Waals surface area contributed by atoms with Crippen LogP contribution >= 0.6 is 0 Å². The van der Waals surface area contributed by atoms with Crippen LogP contribution in [0.15, 0.2) is 10.2 Å². The Morgan fingerprint density at radius 3 is 2.18 bits per heavy atom. The Kier molecular flexibility index (Phi) is 1.90. The summed E-state index contributed by atoms with van der Waals surface area (Å²) in [6.45, 7) is 3.84. The van der Waals surface area contributed by atoms with E-state index >= 15 is 0 Å². The number of ether oxygens (including phenoxy) is 2. The molecule has 0 aromatic carbocycles. The Morgan fingerprint density at radius 1 is 1.00 bits per heavy atom. The van der Waals surface area contributed by atoms with Gasteiger partial charge < -0.3 is 9.47 Å². The van der Waals surface area contributed by atoms with Crippen LogP contribution in [0.2, 0.25) is 0 Å². The Bertz CT molecular complexity index is 366. The molecule has 1 saturated heterocycles. The molecule has 2 spiro atoms. The van der Waals surface area contributed by atoms with E-state index in [0.29, 0.717) is 11.5 Å². The number of rotatable bonds is 0. The van der Waals surface area contributed by atoms with E-state index < -0.39 is 0 Å². The summed E-state index contributed by atoms with van der Waals surface area (Å²) in [4.78, 5) is 0. The molecule has 94 valence electrons. The molecular weight excluding hydrogens is 216 g/mol. The van der Waals surface area contributed by atoms with Gasteiger partial charge in [0.2, 0.25) is 0 Å². The lowest BCUT2D eigenvalue weighted by molar-refractivity contribution is -0.194. The number of nitrogens with zero attached hydrogens (tertiary/aromatic N) is 2. The van der Waals surface area contributed by atoms with E-state index in [2.05, 4.69) is 17.2 Å². The quantitative estimate of drug-likeness (QED) is 0.649. The number of hydrogen-bond acceptors (Lipinski definition) is 4. The van der Waals surface area contributed by atoms with Crippen molar-refractivity contribution in [3.05, 3.63) is 0 Å². The molecule has 2 bridgehead atoms. The minimum atomic E-state index is -0.246. The lowest BCUT2D eigenvalue weighted by Crippen LogP contribution is -2.49. The van der Waals surface area contributed by atoms with E-state index in [1.807, 2.05) is 0 Å². The standard InChI is InChI=1S/C13H20N2O2/c1-11-3-2-10(14-15-11)12(11)4-6-13(7-5-12)16-8-9-17-13/h10H,2-9H2,1H3. The Morgan fingerprint density at radius 2 is 1.71 bits per heavy atom. The molecule has 2 saturated carbocycles. The molecule has 0 aromatic rings. The Balaban J connectivity index is 1.59. The number of azo groups is 1. The molecule has 2 heterocycles. The zero-order chi connectivity index (χ0) is 11.6. The maximum absolute atomic E-state index is 5.82. The molecule has 4 heteroatoms. The second-order valence-corrected chi connectivity index (χ2v) is 6.31. The third-order valence-electron chi connectivity index (χ3n) is 5.75. The summed E-state index contributed by atoms with van der Waals surface area (Å²) in [6, 6.07) is 0.478. The Labute approximate surface area is 102 Å².